The summed E-state index contributed by atoms with van der Waals surface area (Å²) in [5, 5.41) is 4.91. The van der Waals surface area contributed by atoms with Gasteiger partial charge in [0.05, 0.1) is 29.1 Å². The first-order valence-electron chi connectivity index (χ1n) is 10.6. The number of carbonyl (C=O) groups is 3. The third kappa shape index (κ3) is 5.42. The molecule has 3 aromatic carbocycles. The monoisotopic (exact) mass is 583 g/mol. The molecule has 196 valence electrons. The van der Waals surface area contributed by atoms with Gasteiger partial charge in [0, 0.05) is 16.3 Å². The maximum atomic E-state index is 13.1. The molecule has 4 rings (SSSR count). The quantitative estimate of drug-likeness (QED) is 0.315. The lowest BCUT2D eigenvalue weighted by atomic mass is 10.1. The van der Waals surface area contributed by atoms with Crippen LogP contribution in [0.25, 0.3) is 0 Å². The van der Waals surface area contributed by atoms with Crippen LogP contribution in [0.1, 0.15) is 15.9 Å². The van der Waals surface area contributed by atoms with E-state index in [4.69, 9.17) is 39.5 Å². The van der Waals surface area contributed by atoms with Gasteiger partial charge in [-0.1, -0.05) is 34.8 Å². The van der Waals surface area contributed by atoms with Gasteiger partial charge < -0.3 is 15.4 Å². The van der Waals surface area contributed by atoms with Crippen molar-refractivity contribution in [2.24, 2.45) is 0 Å². The highest BCUT2D eigenvalue weighted by molar-refractivity contribution is 6.53. The van der Waals surface area contributed by atoms with Crippen LogP contribution in [-0.4, -0.2) is 24.8 Å². The molecule has 0 radical (unpaired) electrons. The summed E-state index contributed by atoms with van der Waals surface area (Å²) >= 11 is 18.1. The molecule has 0 saturated carbocycles. The number of methoxy groups -OCH3 is 1. The van der Waals surface area contributed by atoms with Gasteiger partial charge >= 0.3 is 6.18 Å². The predicted octanol–water partition coefficient (Wildman–Crippen LogP) is 6.71. The summed E-state index contributed by atoms with van der Waals surface area (Å²) in [7, 11) is 1.37. The fraction of sp³-hybridized carbons (Fsp3) is 0.0800. The molecule has 1 aliphatic rings. The third-order valence-electron chi connectivity index (χ3n) is 5.37. The van der Waals surface area contributed by atoms with E-state index >= 15 is 0 Å². The second kappa shape index (κ2) is 10.6. The van der Waals surface area contributed by atoms with Gasteiger partial charge in [0.1, 0.15) is 16.5 Å². The van der Waals surface area contributed by atoms with Crippen LogP contribution >= 0.6 is 34.8 Å². The molecule has 0 fully saturated rings. The summed E-state index contributed by atoms with van der Waals surface area (Å²) in [4.78, 5) is 39.2. The Balaban J connectivity index is 1.51. The van der Waals surface area contributed by atoms with Crippen molar-refractivity contribution in [2.45, 2.75) is 6.18 Å². The molecule has 1 heterocycles. The molecular formula is C25H15Cl3F3N3O4. The number of benzene rings is 3. The van der Waals surface area contributed by atoms with Crippen LogP contribution < -0.4 is 20.3 Å². The van der Waals surface area contributed by atoms with Crippen molar-refractivity contribution in [3.05, 3.63) is 92.6 Å². The Morgan fingerprint density at radius 1 is 0.921 bits per heavy atom. The Morgan fingerprint density at radius 3 is 2.24 bits per heavy atom. The molecule has 3 amide bonds. The molecule has 13 heteroatoms. The molecule has 0 unspecified atom stereocenters. The summed E-state index contributed by atoms with van der Waals surface area (Å²) in [5.74, 6) is -2.06. The Labute approximate surface area is 228 Å². The van der Waals surface area contributed by atoms with Crippen molar-refractivity contribution in [1.82, 2.24) is 0 Å². The number of hydrogen-bond acceptors (Lipinski definition) is 5. The van der Waals surface area contributed by atoms with Crippen molar-refractivity contribution in [2.75, 3.05) is 22.6 Å². The van der Waals surface area contributed by atoms with Crippen LogP contribution in [0.3, 0.4) is 0 Å². The molecule has 1 aliphatic heterocycles. The summed E-state index contributed by atoms with van der Waals surface area (Å²) in [6.07, 6.45) is -4.61. The maximum absolute atomic E-state index is 13.1. The number of halogens is 6. The van der Waals surface area contributed by atoms with Crippen LogP contribution in [0, 0.1) is 0 Å². The van der Waals surface area contributed by atoms with Crippen molar-refractivity contribution in [1.29, 1.82) is 0 Å². The van der Waals surface area contributed by atoms with Gasteiger partial charge in [0.15, 0.2) is 0 Å². The molecule has 38 heavy (non-hydrogen) atoms. The van der Waals surface area contributed by atoms with E-state index in [0.717, 1.165) is 23.1 Å². The number of alkyl halides is 3. The van der Waals surface area contributed by atoms with E-state index in [-0.39, 0.29) is 43.5 Å². The minimum atomic E-state index is -4.61. The van der Waals surface area contributed by atoms with Gasteiger partial charge in [-0.3, -0.25) is 14.4 Å². The molecular weight excluding hydrogens is 570 g/mol. The number of carbonyl (C=O) groups excluding carboxylic acids is 3. The van der Waals surface area contributed by atoms with Gasteiger partial charge in [-0.15, -0.1) is 0 Å². The summed E-state index contributed by atoms with van der Waals surface area (Å²) in [6.45, 7) is 0. The fourth-order valence-corrected chi connectivity index (χ4v) is 4.05. The molecule has 0 bridgehead atoms. The van der Waals surface area contributed by atoms with Crippen LogP contribution in [0.2, 0.25) is 10.0 Å². The van der Waals surface area contributed by atoms with E-state index in [1.54, 1.807) is 0 Å². The van der Waals surface area contributed by atoms with Crippen LogP contribution in [0.15, 0.2) is 71.4 Å². The van der Waals surface area contributed by atoms with E-state index in [1.165, 1.54) is 49.6 Å². The zero-order valence-electron chi connectivity index (χ0n) is 19.1. The number of amides is 3. The highest BCUT2D eigenvalue weighted by Gasteiger charge is 2.40. The van der Waals surface area contributed by atoms with Crippen molar-refractivity contribution in [3.8, 4) is 5.75 Å². The highest BCUT2D eigenvalue weighted by atomic mass is 35.5. The highest BCUT2D eigenvalue weighted by Crippen LogP contribution is 2.37. The summed E-state index contributed by atoms with van der Waals surface area (Å²) in [6, 6.07) is 12.5. The molecule has 0 atom stereocenters. The fourth-order valence-electron chi connectivity index (χ4n) is 3.51. The average molecular weight is 585 g/mol. The van der Waals surface area contributed by atoms with E-state index in [0.29, 0.717) is 5.69 Å². The number of hydrogen-bond donors (Lipinski definition) is 2. The van der Waals surface area contributed by atoms with Crippen molar-refractivity contribution < 1.29 is 32.3 Å². The van der Waals surface area contributed by atoms with Gasteiger partial charge in [-0.05, 0) is 60.7 Å². The SMILES string of the molecule is COc1ccc(Cl)cc1N1C(=O)C(Cl)=C(Nc2ccc(C(=O)Nc3cc(C(F)(F)F)ccc3Cl)cc2)C1=O. The van der Waals surface area contributed by atoms with E-state index < -0.39 is 29.5 Å². The zero-order chi connectivity index (χ0) is 27.8. The smallest absolute Gasteiger partial charge is 0.416 e. The zero-order valence-corrected chi connectivity index (χ0v) is 21.4. The average Bonchev–Trinajstić information content (AvgIpc) is 3.07. The lowest BCUT2D eigenvalue weighted by Crippen LogP contribution is -2.32. The maximum Gasteiger partial charge on any atom is 0.416 e. The molecule has 3 aromatic rings. The number of imide groups is 1. The summed E-state index contributed by atoms with van der Waals surface area (Å²) in [5.41, 5.74) is -0.910. The molecule has 0 saturated heterocycles. The number of nitrogens with one attached hydrogen (secondary N) is 2. The largest absolute Gasteiger partial charge is 0.495 e. The predicted molar refractivity (Wildman–Crippen MR) is 138 cm³/mol. The lowest BCUT2D eigenvalue weighted by Gasteiger charge is -2.18. The topological polar surface area (TPSA) is 87.7 Å². The number of ether oxygens (including phenoxy) is 1. The first kappa shape index (κ1) is 27.3. The second-order valence-electron chi connectivity index (χ2n) is 7.80. The molecule has 0 spiro atoms. The number of rotatable bonds is 6. The van der Waals surface area contributed by atoms with Gasteiger partial charge in [0.2, 0.25) is 0 Å². The molecule has 0 aromatic heterocycles. The Kier molecular flexibility index (Phi) is 7.59. The van der Waals surface area contributed by atoms with Gasteiger partial charge in [0.25, 0.3) is 17.7 Å². The minimum absolute atomic E-state index is 0.0727. The van der Waals surface area contributed by atoms with Gasteiger partial charge in [-0.25, -0.2) is 4.90 Å². The van der Waals surface area contributed by atoms with Crippen molar-refractivity contribution in [3.63, 3.8) is 0 Å². The van der Waals surface area contributed by atoms with E-state index in [9.17, 15) is 27.6 Å². The first-order chi connectivity index (χ1) is 17.9. The number of nitrogens with zero attached hydrogens (tertiary/aromatic N) is 1. The third-order valence-corrected chi connectivity index (χ3v) is 6.28. The Hall–Kier alpha value is -3.73. The second-order valence-corrected chi connectivity index (χ2v) is 9.02. The normalized spacial score (nSPS) is 13.7. The van der Waals surface area contributed by atoms with Crippen LogP contribution in [0.5, 0.6) is 5.75 Å². The van der Waals surface area contributed by atoms with Gasteiger partial charge in [-0.2, -0.15) is 13.2 Å². The standard InChI is InChI=1S/C25H15Cl3F3N3O4/c1-38-19-9-5-14(26)11-18(19)34-23(36)20(28)21(24(34)37)32-15-6-2-12(3-7-15)22(35)33-17-10-13(25(29,30)31)4-8-16(17)27/h2-11,32H,1H3,(H,33,35). The van der Waals surface area contributed by atoms with Crippen LogP contribution in [-0.2, 0) is 15.8 Å². The lowest BCUT2D eigenvalue weighted by molar-refractivity contribution is -0.137. The van der Waals surface area contributed by atoms with E-state index in [2.05, 4.69) is 10.6 Å². The Bertz CT molecular complexity index is 1490. The minimum Gasteiger partial charge on any atom is -0.495 e. The first-order valence-corrected chi connectivity index (χ1v) is 11.7. The van der Waals surface area contributed by atoms with Crippen molar-refractivity contribution >= 4 is 69.6 Å². The summed E-state index contributed by atoms with van der Waals surface area (Å²) < 4.78 is 44.2. The molecule has 2 N–H and O–H groups in total. The number of anilines is 3. The molecule has 0 aliphatic carbocycles. The van der Waals surface area contributed by atoms with Crippen LogP contribution in [0.4, 0.5) is 30.2 Å². The molecule has 7 nitrogen and oxygen atoms in total. The Morgan fingerprint density at radius 2 is 1.61 bits per heavy atom. The van der Waals surface area contributed by atoms with E-state index in [1.807, 2.05) is 0 Å².